The molecule has 0 bridgehead atoms. The molecule has 1 aliphatic rings. The number of allylic oxidation sites excluding steroid dienone is 1. The number of nitrogens with one attached hydrogen (secondary N) is 1. The molecule has 0 saturated carbocycles. The summed E-state index contributed by atoms with van der Waals surface area (Å²) in [6.45, 7) is 4.47. The van der Waals surface area contributed by atoms with Gasteiger partial charge in [0, 0.05) is 5.92 Å². The number of benzene rings is 1. The summed E-state index contributed by atoms with van der Waals surface area (Å²) in [7, 11) is 0. The second kappa shape index (κ2) is 7.78. The van der Waals surface area contributed by atoms with E-state index in [0.29, 0.717) is 5.92 Å². The van der Waals surface area contributed by atoms with Gasteiger partial charge >= 0.3 is 6.09 Å². The number of carbonyl (C=O) groups is 2. The Kier molecular flexibility index (Phi) is 5.75. The van der Waals surface area contributed by atoms with Gasteiger partial charge in [-0.3, -0.25) is 0 Å². The third-order valence-electron chi connectivity index (χ3n) is 4.03. The molecule has 2 atom stereocenters. The number of hydrogen-bond acceptors (Lipinski definition) is 3. The monoisotopic (exact) mass is 301 g/mol. The van der Waals surface area contributed by atoms with Crippen LogP contribution in [0.15, 0.2) is 42.0 Å². The molecule has 1 aromatic rings. The highest BCUT2D eigenvalue weighted by molar-refractivity contribution is 5.69. The van der Waals surface area contributed by atoms with Gasteiger partial charge in [0.05, 0.1) is 6.04 Å². The van der Waals surface area contributed by atoms with Crippen LogP contribution in [0.4, 0.5) is 4.79 Å². The fraction of sp³-hybridized carbons (Fsp3) is 0.444. The van der Waals surface area contributed by atoms with E-state index in [4.69, 9.17) is 4.74 Å². The maximum atomic E-state index is 11.9. The molecule has 0 aromatic heterocycles. The number of rotatable bonds is 5. The lowest BCUT2D eigenvalue weighted by Crippen LogP contribution is -2.42. The number of hydrogen-bond donors (Lipinski definition) is 1. The summed E-state index contributed by atoms with van der Waals surface area (Å²) in [5.41, 5.74) is 2.22. The molecular weight excluding hydrogens is 278 g/mol. The molecule has 1 N–H and O–H groups in total. The summed E-state index contributed by atoms with van der Waals surface area (Å²) >= 11 is 0. The Balaban J connectivity index is 1.93. The molecule has 0 aliphatic heterocycles. The zero-order valence-corrected chi connectivity index (χ0v) is 13.1. The van der Waals surface area contributed by atoms with Crippen molar-refractivity contribution in [1.29, 1.82) is 0 Å². The van der Waals surface area contributed by atoms with Crippen LogP contribution in [-0.4, -0.2) is 18.4 Å². The standard InChI is InChI=1S/C18H23NO3/c1-13(2)15-8-9-16(11-20)17(10-15)19-18(21)22-12-14-6-4-3-5-7-14/h3-7,10-11,13,16-17H,8-9,12H2,1-2H3,(H,19,21)/t16-,17-/m0/s1. The van der Waals surface area contributed by atoms with Gasteiger partial charge < -0.3 is 14.8 Å². The lowest BCUT2D eigenvalue weighted by atomic mass is 9.82. The van der Waals surface area contributed by atoms with Gasteiger partial charge in [0.15, 0.2) is 0 Å². The molecule has 4 nitrogen and oxygen atoms in total. The number of ether oxygens (including phenoxy) is 1. The SMILES string of the molecule is CC(C)C1=C[C@H](NC(=O)OCc2ccccc2)[C@H](C=O)CC1. The number of aldehydes is 1. The minimum atomic E-state index is -0.484. The van der Waals surface area contributed by atoms with E-state index in [1.807, 2.05) is 36.4 Å². The van der Waals surface area contributed by atoms with Crippen LogP contribution in [-0.2, 0) is 16.1 Å². The summed E-state index contributed by atoms with van der Waals surface area (Å²) < 4.78 is 5.22. The first kappa shape index (κ1) is 16.3. The molecule has 0 saturated heterocycles. The summed E-state index contributed by atoms with van der Waals surface area (Å²) in [6, 6.07) is 9.25. The average Bonchev–Trinajstić information content (AvgIpc) is 2.53. The highest BCUT2D eigenvalue weighted by Crippen LogP contribution is 2.27. The van der Waals surface area contributed by atoms with Gasteiger partial charge in [-0.2, -0.15) is 0 Å². The van der Waals surface area contributed by atoms with Crippen molar-refractivity contribution in [2.24, 2.45) is 11.8 Å². The first-order chi connectivity index (χ1) is 10.6. The van der Waals surface area contributed by atoms with Gasteiger partial charge in [-0.25, -0.2) is 4.79 Å². The molecule has 4 heteroatoms. The third-order valence-corrected chi connectivity index (χ3v) is 4.03. The molecule has 0 fully saturated rings. The van der Waals surface area contributed by atoms with Crippen molar-refractivity contribution in [2.45, 2.75) is 39.3 Å². The Bertz CT molecular complexity index is 537. The van der Waals surface area contributed by atoms with E-state index in [0.717, 1.165) is 24.7 Å². The van der Waals surface area contributed by atoms with Crippen LogP contribution >= 0.6 is 0 Å². The Morgan fingerprint density at radius 2 is 2.09 bits per heavy atom. The minimum absolute atomic E-state index is 0.174. The lowest BCUT2D eigenvalue weighted by molar-refractivity contribution is -0.111. The molecule has 2 rings (SSSR count). The summed E-state index contributed by atoms with van der Waals surface area (Å²) in [5.74, 6) is 0.254. The van der Waals surface area contributed by atoms with Crippen LogP contribution in [0.3, 0.4) is 0 Å². The van der Waals surface area contributed by atoms with Crippen molar-refractivity contribution in [1.82, 2.24) is 5.32 Å². The van der Waals surface area contributed by atoms with Crippen LogP contribution < -0.4 is 5.32 Å². The van der Waals surface area contributed by atoms with Crippen LogP contribution in [0.5, 0.6) is 0 Å². The van der Waals surface area contributed by atoms with E-state index in [9.17, 15) is 9.59 Å². The van der Waals surface area contributed by atoms with Crippen molar-refractivity contribution in [3.63, 3.8) is 0 Å². The van der Waals surface area contributed by atoms with Gasteiger partial charge in [-0.15, -0.1) is 0 Å². The summed E-state index contributed by atoms with van der Waals surface area (Å²) in [4.78, 5) is 23.1. The number of alkyl carbamates (subject to hydrolysis) is 1. The molecule has 0 radical (unpaired) electrons. The lowest BCUT2D eigenvalue weighted by Gasteiger charge is -2.28. The predicted molar refractivity (Wildman–Crippen MR) is 85.3 cm³/mol. The Morgan fingerprint density at radius 1 is 1.36 bits per heavy atom. The first-order valence-corrected chi connectivity index (χ1v) is 7.73. The second-order valence-electron chi connectivity index (χ2n) is 5.97. The van der Waals surface area contributed by atoms with Crippen molar-refractivity contribution in [3.8, 4) is 0 Å². The van der Waals surface area contributed by atoms with E-state index in [1.165, 1.54) is 5.57 Å². The van der Waals surface area contributed by atoms with Crippen molar-refractivity contribution >= 4 is 12.4 Å². The molecule has 1 amide bonds. The van der Waals surface area contributed by atoms with Crippen LogP contribution in [0.25, 0.3) is 0 Å². The Hall–Kier alpha value is -2.10. The molecule has 22 heavy (non-hydrogen) atoms. The van der Waals surface area contributed by atoms with Crippen LogP contribution in [0.2, 0.25) is 0 Å². The van der Waals surface area contributed by atoms with Crippen molar-refractivity contribution in [2.75, 3.05) is 0 Å². The maximum Gasteiger partial charge on any atom is 0.407 e. The zero-order valence-electron chi connectivity index (χ0n) is 13.1. The highest BCUT2D eigenvalue weighted by atomic mass is 16.5. The molecule has 1 aromatic carbocycles. The second-order valence-corrected chi connectivity index (χ2v) is 5.97. The molecule has 0 spiro atoms. The van der Waals surface area contributed by atoms with E-state index in [2.05, 4.69) is 19.2 Å². The molecular formula is C18H23NO3. The quantitative estimate of drug-likeness (QED) is 0.669. The highest BCUT2D eigenvalue weighted by Gasteiger charge is 2.27. The smallest absolute Gasteiger partial charge is 0.407 e. The predicted octanol–water partition coefficient (Wildman–Crippen LogP) is 3.47. The van der Waals surface area contributed by atoms with E-state index < -0.39 is 6.09 Å². The van der Waals surface area contributed by atoms with E-state index in [1.54, 1.807) is 0 Å². The Morgan fingerprint density at radius 3 is 2.73 bits per heavy atom. The van der Waals surface area contributed by atoms with E-state index in [-0.39, 0.29) is 18.6 Å². The van der Waals surface area contributed by atoms with Gasteiger partial charge in [-0.05, 0) is 24.3 Å². The van der Waals surface area contributed by atoms with Gasteiger partial charge in [0.2, 0.25) is 0 Å². The molecule has 1 aliphatic carbocycles. The number of carbonyl (C=O) groups excluding carboxylic acids is 2. The van der Waals surface area contributed by atoms with Crippen LogP contribution in [0.1, 0.15) is 32.3 Å². The third kappa shape index (κ3) is 4.45. The van der Waals surface area contributed by atoms with Gasteiger partial charge in [-0.1, -0.05) is 55.8 Å². The summed E-state index contributed by atoms with van der Waals surface area (Å²) in [5, 5.41) is 2.81. The topological polar surface area (TPSA) is 55.4 Å². The Labute approximate surface area is 131 Å². The zero-order chi connectivity index (χ0) is 15.9. The normalized spacial score (nSPS) is 21.1. The van der Waals surface area contributed by atoms with Gasteiger partial charge in [0.25, 0.3) is 0 Å². The van der Waals surface area contributed by atoms with E-state index >= 15 is 0 Å². The average molecular weight is 301 g/mol. The minimum Gasteiger partial charge on any atom is -0.445 e. The van der Waals surface area contributed by atoms with Crippen molar-refractivity contribution < 1.29 is 14.3 Å². The van der Waals surface area contributed by atoms with Gasteiger partial charge in [0.1, 0.15) is 12.9 Å². The largest absolute Gasteiger partial charge is 0.445 e. The molecule has 118 valence electrons. The molecule has 0 unspecified atom stereocenters. The maximum absolute atomic E-state index is 11.9. The number of amides is 1. The first-order valence-electron chi connectivity index (χ1n) is 7.73. The van der Waals surface area contributed by atoms with Crippen molar-refractivity contribution in [3.05, 3.63) is 47.5 Å². The summed E-state index contributed by atoms with van der Waals surface area (Å²) in [6.07, 6.45) is 4.14. The van der Waals surface area contributed by atoms with Crippen LogP contribution in [0, 0.1) is 11.8 Å². The fourth-order valence-corrected chi connectivity index (χ4v) is 2.63. The fourth-order valence-electron chi connectivity index (χ4n) is 2.63. The molecule has 0 heterocycles.